The van der Waals surface area contributed by atoms with Crippen LogP contribution in [0.1, 0.15) is 43.6 Å². The lowest BCUT2D eigenvalue weighted by Gasteiger charge is -2.34. The summed E-state index contributed by atoms with van der Waals surface area (Å²) in [5.74, 6) is -0.499. The highest BCUT2D eigenvalue weighted by Gasteiger charge is 2.36. The van der Waals surface area contributed by atoms with Gasteiger partial charge in [-0.1, -0.05) is 11.6 Å². The van der Waals surface area contributed by atoms with Gasteiger partial charge in [0.05, 0.1) is 10.9 Å². The zero-order valence-corrected chi connectivity index (χ0v) is 22.1. The molecule has 37 heavy (non-hydrogen) atoms. The predicted octanol–water partition coefficient (Wildman–Crippen LogP) is 4.30. The van der Waals surface area contributed by atoms with E-state index in [1.807, 2.05) is 12.1 Å². The number of sulfone groups is 1. The maximum atomic E-state index is 14.1. The Hall–Kier alpha value is -2.85. The zero-order valence-electron chi connectivity index (χ0n) is 20.5. The Morgan fingerprint density at radius 2 is 1.86 bits per heavy atom. The predicted molar refractivity (Wildman–Crippen MR) is 143 cm³/mol. The Balaban J connectivity index is 1.31. The van der Waals surface area contributed by atoms with Crippen molar-refractivity contribution in [3.05, 3.63) is 52.8 Å². The van der Waals surface area contributed by atoms with E-state index in [1.165, 1.54) is 18.4 Å². The summed E-state index contributed by atoms with van der Waals surface area (Å²) in [4.78, 5) is 29.8. The Kier molecular flexibility index (Phi) is 7.06. The molecule has 5 rings (SSSR count). The van der Waals surface area contributed by atoms with Crippen molar-refractivity contribution in [3.8, 4) is 0 Å². The molecule has 3 amide bonds. The van der Waals surface area contributed by atoms with Crippen molar-refractivity contribution in [1.29, 1.82) is 0 Å². The molecule has 0 radical (unpaired) electrons. The quantitative estimate of drug-likeness (QED) is 0.561. The molecule has 3 aliphatic rings. The lowest BCUT2D eigenvalue weighted by molar-refractivity contribution is -0.121. The molecule has 0 bridgehead atoms. The number of carbonyl (C=O) groups is 2. The van der Waals surface area contributed by atoms with E-state index in [0.29, 0.717) is 44.8 Å². The topological polar surface area (TPSA) is 98.8 Å². The van der Waals surface area contributed by atoms with Crippen molar-refractivity contribution >= 4 is 50.4 Å². The number of hydrogen-bond acceptors (Lipinski definition) is 5. The van der Waals surface area contributed by atoms with Crippen LogP contribution >= 0.6 is 11.6 Å². The maximum absolute atomic E-state index is 14.1. The summed E-state index contributed by atoms with van der Waals surface area (Å²) in [5.41, 5.74) is 2.88. The summed E-state index contributed by atoms with van der Waals surface area (Å²) < 4.78 is 38.1. The molecule has 2 aromatic rings. The third-order valence-electron chi connectivity index (χ3n) is 7.36. The molecule has 2 aromatic carbocycles. The van der Waals surface area contributed by atoms with Gasteiger partial charge in [-0.15, -0.1) is 0 Å². The molecule has 1 unspecified atom stereocenters. The second kappa shape index (κ2) is 10.1. The first kappa shape index (κ1) is 25.8. The molecular formula is C26H30ClFN4O4S. The smallest absolute Gasteiger partial charge is 0.319 e. The fourth-order valence-corrected chi connectivity index (χ4v) is 6.32. The molecule has 0 spiro atoms. The molecule has 2 N–H and O–H groups in total. The van der Waals surface area contributed by atoms with Gasteiger partial charge in [0.2, 0.25) is 5.91 Å². The van der Waals surface area contributed by atoms with Gasteiger partial charge in [0, 0.05) is 42.3 Å². The molecule has 11 heteroatoms. The van der Waals surface area contributed by atoms with Gasteiger partial charge in [-0.3, -0.25) is 4.79 Å². The van der Waals surface area contributed by atoms with E-state index < -0.39 is 27.7 Å². The van der Waals surface area contributed by atoms with Crippen LogP contribution in [0.3, 0.4) is 0 Å². The van der Waals surface area contributed by atoms with Crippen molar-refractivity contribution < 1.29 is 22.4 Å². The SMILES string of the molecule is CS(=O)(=O)C1CCN(c2ccc(N3CCC[C@@H](NC(=O)Nc4ccc(Cl)cc4F)C3=O)c(C3CC3)c2)C1. The molecular weight excluding hydrogens is 519 g/mol. The van der Waals surface area contributed by atoms with Crippen molar-refractivity contribution in [2.75, 3.05) is 41.0 Å². The first-order valence-electron chi connectivity index (χ1n) is 12.5. The van der Waals surface area contributed by atoms with E-state index in [0.717, 1.165) is 35.8 Å². The third-order valence-corrected chi connectivity index (χ3v) is 9.19. The molecule has 2 saturated heterocycles. The first-order valence-corrected chi connectivity index (χ1v) is 14.8. The zero-order chi connectivity index (χ0) is 26.3. The Labute approximate surface area is 221 Å². The largest absolute Gasteiger partial charge is 0.370 e. The highest BCUT2D eigenvalue weighted by atomic mass is 35.5. The number of amides is 3. The Morgan fingerprint density at radius 1 is 1.08 bits per heavy atom. The van der Waals surface area contributed by atoms with E-state index in [1.54, 1.807) is 4.90 Å². The van der Waals surface area contributed by atoms with Gasteiger partial charge in [0.1, 0.15) is 11.9 Å². The summed E-state index contributed by atoms with van der Waals surface area (Å²) in [6.07, 6.45) is 5.18. The summed E-state index contributed by atoms with van der Waals surface area (Å²) in [6.45, 7) is 1.70. The normalized spacial score (nSPS) is 22.3. The Morgan fingerprint density at radius 3 is 2.54 bits per heavy atom. The van der Waals surface area contributed by atoms with E-state index in [2.05, 4.69) is 21.6 Å². The summed E-state index contributed by atoms with van der Waals surface area (Å²) in [6, 6.07) is 8.55. The minimum absolute atomic E-state index is 0.0198. The maximum Gasteiger partial charge on any atom is 0.319 e. The molecule has 0 aromatic heterocycles. The third kappa shape index (κ3) is 5.70. The second-order valence-electron chi connectivity index (χ2n) is 10.1. The van der Waals surface area contributed by atoms with Crippen LogP contribution in [0.2, 0.25) is 5.02 Å². The lowest BCUT2D eigenvalue weighted by atomic mass is 10.00. The van der Waals surface area contributed by atoms with Crippen LogP contribution in [0.5, 0.6) is 0 Å². The summed E-state index contributed by atoms with van der Waals surface area (Å²) in [5, 5.41) is 5.00. The van der Waals surface area contributed by atoms with Gasteiger partial charge in [0.15, 0.2) is 9.84 Å². The fourth-order valence-electron chi connectivity index (χ4n) is 5.17. The van der Waals surface area contributed by atoms with Crippen LogP contribution in [0, 0.1) is 5.82 Å². The number of rotatable bonds is 6. The second-order valence-corrected chi connectivity index (χ2v) is 12.9. The van der Waals surface area contributed by atoms with Crippen LogP contribution in [0.4, 0.5) is 26.2 Å². The van der Waals surface area contributed by atoms with Crippen LogP contribution in [0.15, 0.2) is 36.4 Å². The number of nitrogens with one attached hydrogen (secondary N) is 2. The number of nitrogens with zero attached hydrogens (tertiary/aromatic N) is 2. The van der Waals surface area contributed by atoms with Gasteiger partial charge < -0.3 is 20.4 Å². The van der Waals surface area contributed by atoms with Crippen molar-refractivity contribution in [2.24, 2.45) is 0 Å². The highest BCUT2D eigenvalue weighted by Crippen LogP contribution is 2.46. The summed E-state index contributed by atoms with van der Waals surface area (Å²) in [7, 11) is -3.09. The number of piperidine rings is 1. The van der Waals surface area contributed by atoms with Crippen LogP contribution in [-0.4, -0.2) is 57.5 Å². The lowest BCUT2D eigenvalue weighted by Crippen LogP contribution is -2.53. The molecule has 2 atom stereocenters. The van der Waals surface area contributed by atoms with Crippen LogP contribution in [-0.2, 0) is 14.6 Å². The van der Waals surface area contributed by atoms with Crippen LogP contribution in [0.25, 0.3) is 0 Å². The number of urea groups is 1. The molecule has 8 nitrogen and oxygen atoms in total. The van der Waals surface area contributed by atoms with Gasteiger partial charge in [-0.2, -0.15) is 0 Å². The molecule has 2 aliphatic heterocycles. The average Bonchev–Trinajstić information content (AvgIpc) is 3.56. The number of hydrogen-bond donors (Lipinski definition) is 2. The van der Waals surface area contributed by atoms with E-state index in [9.17, 15) is 22.4 Å². The first-order chi connectivity index (χ1) is 17.6. The number of carbonyl (C=O) groups excluding carboxylic acids is 2. The minimum Gasteiger partial charge on any atom is -0.370 e. The number of anilines is 3. The monoisotopic (exact) mass is 548 g/mol. The van der Waals surface area contributed by atoms with Crippen molar-refractivity contribution in [1.82, 2.24) is 5.32 Å². The molecule has 1 aliphatic carbocycles. The van der Waals surface area contributed by atoms with Gasteiger partial charge in [0.25, 0.3) is 0 Å². The van der Waals surface area contributed by atoms with E-state index in [4.69, 9.17) is 11.6 Å². The highest BCUT2D eigenvalue weighted by molar-refractivity contribution is 7.91. The number of benzene rings is 2. The van der Waals surface area contributed by atoms with Crippen molar-refractivity contribution in [2.45, 2.75) is 49.3 Å². The molecule has 2 heterocycles. The van der Waals surface area contributed by atoms with Gasteiger partial charge in [-0.25, -0.2) is 17.6 Å². The van der Waals surface area contributed by atoms with E-state index >= 15 is 0 Å². The van der Waals surface area contributed by atoms with Crippen LogP contribution < -0.4 is 20.4 Å². The van der Waals surface area contributed by atoms with Gasteiger partial charge in [-0.05, 0) is 80.0 Å². The average molecular weight is 549 g/mol. The molecule has 198 valence electrons. The van der Waals surface area contributed by atoms with E-state index in [-0.39, 0.29) is 21.9 Å². The Bertz CT molecular complexity index is 1330. The standard InChI is InChI=1S/C26H30ClFN4O4S/c1-37(35,36)19-10-12-31(15-19)18-7-9-24(20(14-18)16-4-5-16)32-11-2-3-23(25(32)33)30-26(34)29-22-8-6-17(27)13-21(22)28/h6-9,13-14,16,19,23H,2-5,10-12,15H2,1H3,(H2,29,30,34)/t19?,23-/m1/s1. The summed E-state index contributed by atoms with van der Waals surface area (Å²) >= 11 is 5.77. The minimum atomic E-state index is -3.09. The molecule has 1 saturated carbocycles. The number of halogens is 2. The van der Waals surface area contributed by atoms with Crippen molar-refractivity contribution in [3.63, 3.8) is 0 Å². The van der Waals surface area contributed by atoms with Gasteiger partial charge >= 0.3 is 6.03 Å². The molecule has 3 fully saturated rings. The fraction of sp³-hybridized carbons (Fsp3) is 0.462.